The quantitative estimate of drug-likeness (QED) is 0.873. The van der Waals surface area contributed by atoms with Gasteiger partial charge in [-0.2, -0.15) is 0 Å². The first-order valence-electron chi connectivity index (χ1n) is 3.80. The highest BCUT2D eigenvalue weighted by atomic mass is 32.2. The van der Waals surface area contributed by atoms with Gasteiger partial charge in [-0.1, -0.05) is 6.07 Å². The minimum Gasteiger partial charge on any atom is -0.475 e. The number of carbonyl (C=O) groups is 1. The third-order valence-corrected chi connectivity index (χ3v) is 3.45. The van der Waals surface area contributed by atoms with Crippen LogP contribution < -0.4 is 0 Å². The Morgan fingerprint density at radius 3 is 2.86 bits per heavy atom. The molecule has 2 rings (SSSR count). The van der Waals surface area contributed by atoms with Crippen molar-refractivity contribution in [2.45, 2.75) is 9.30 Å². The molecule has 3 nitrogen and oxygen atoms in total. The zero-order chi connectivity index (χ0) is 9.97. The number of furan rings is 1. The summed E-state index contributed by atoms with van der Waals surface area (Å²) in [4.78, 5) is 10.5. The molecule has 0 bridgehead atoms. The molecule has 5 heteroatoms. The molecule has 0 saturated heterocycles. The predicted octanol–water partition coefficient (Wildman–Crippen LogP) is 3.19. The Kier molecular flexibility index (Phi) is 2.60. The third kappa shape index (κ3) is 2.00. The van der Waals surface area contributed by atoms with E-state index in [1.54, 1.807) is 17.4 Å². The van der Waals surface area contributed by atoms with Crippen molar-refractivity contribution in [2.24, 2.45) is 0 Å². The lowest BCUT2D eigenvalue weighted by Crippen LogP contribution is -1.91. The van der Waals surface area contributed by atoms with Crippen LogP contribution in [0.25, 0.3) is 0 Å². The Labute approximate surface area is 88.4 Å². The number of hydrogen-bond acceptors (Lipinski definition) is 4. The van der Waals surface area contributed by atoms with Gasteiger partial charge < -0.3 is 9.52 Å². The van der Waals surface area contributed by atoms with Crippen molar-refractivity contribution in [1.82, 2.24) is 0 Å². The largest absolute Gasteiger partial charge is 0.475 e. The SMILES string of the molecule is O=C(O)c1ccc(Sc2cccs2)o1. The first-order chi connectivity index (χ1) is 6.75. The van der Waals surface area contributed by atoms with Gasteiger partial charge in [-0.15, -0.1) is 11.3 Å². The second kappa shape index (κ2) is 3.89. The Morgan fingerprint density at radius 1 is 1.43 bits per heavy atom. The van der Waals surface area contributed by atoms with E-state index in [2.05, 4.69) is 0 Å². The first kappa shape index (κ1) is 9.36. The van der Waals surface area contributed by atoms with E-state index in [4.69, 9.17) is 9.52 Å². The van der Waals surface area contributed by atoms with Crippen molar-refractivity contribution in [3.8, 4) is 0 Å². The number of aromatic carboxylic acids is 1. The minimum absolute atomic E-state index is 0.0240. The van der Waals surface area contributed by atoms with Crippen molar-refractivity contribution in [3.63, 3.8) is 0 Å². The summed E-state index contributed by atoms with van der Waals surface area (Å²) in [5.41, 5.74) is 0. The normalized spacial score (nSPS) is 10.3. The molecular formula is C9H6O3S2. The van der Waals surface area contributed by atoms with Gasteiger partial charge in [0.25, 0.3) is 0 Å². The summed E-state index contributed by atoms with van der Waals surface area (Å²) in [5, 5.41) is 11.2. The summed E-state index contributed by atoms with van der Waals surface area (Å²) < 4.78 is 6.17. The highest BCUT2D eigenvalue weighted by Gasteiger charge is 2.09. The Balaban J connectivity index is 2.14. The molecule has 0 aliphatic carbocycles. The van der Waals surface area contributed by atoms with Crippen LogP contribution in [-0.4, -0.2) is 11.1 Å². The molecule has 0 aliphatic heterocycles. The molecule has 0 aliphatic rings. The molecule has 0 radical (unpaired) electrons. The monoisotopic (exact) mass is 226 g/mol. The molecule has 1 N–H and O–H groups in total. The summed E-state index contributed by atoms with van der Waals surface area (Å²) in [6.07, 6.45) is 0. The maximum absolute atomic E-state index is 10.5. The summed E-state index contributed by atoms with van der Waals surface area (Å²) >= 11 is 3.01. The molecule has 2 heterocycles. The Morgan fingerprint density at radius 2 is 2.29 bits per heavy atom. The number of thiophene rings is 1. The van der Waals surface area contributed by atoms with E-state index < -0.39 is 5.97 Å². The van der Waals surface area contributed by atoms with Crippen molar-refractivity contribution < 1.29 is 14.3 Å². The fourth-order valence-corrected chi connectivity index (χ4v) is 2.58. The van der Waals surface area contributed by atoms with Gasteiger partial charge in [0, 0.05) is 0 Å². The van der Waals surface area contributed by atoms with Gasteiger partial charge in [-0.3, -0.25) is 0 Å². The maximum atomic E-state index is 10.5. The second-order valence-corrected chi connectivity index (χ2v) is 4.71. The lowest BCUT2D eigenvalue weighted by Gasteiger charge is -1.91. The van der Waals surface area contributed by atoms with Crippen LogP contribution in [0, 0.1) is 0 Å². The summed E-state index contributed by atoms with van der Waals surface area (Å²) in [6, 6.07) is 7.01. The number of carboxylic acids is 1. The Hall–Kier alpha value is -1.20. The Bertz CT molecular complexity index is 431. The summed E-state index contributed by atoms with van der Waals surface area (Å²) in [5.74, 6) is -1.06. The van der Waals surface area contributed by atoms with Gasteiger partial charge in [-0.25, -0.2) is 4.79 Å². The molecule has 0 fully saturated rings. The van der Waals surface area contributed by atoms with Crippen LogP contribution in [0.1, 0.15) is 10.6 Å². The average Bonchev–Trinajstić information content (AvgIpc) is 2.75. The molecule has 0 unspecified atom stereocenters. The van der Waals surface area contributed by atoms with Gasteiger partial charge in [0.2, 0.25) is 5.76 Å². The van der Waals surface area contributed by atoms with E-state index in [1.165, 1.54) is 17.8 Å². The molecular weight excluding hydrogens is 220 g/mol. The standard InChI is InChI=1S/C9H6O3S2/c10-9(11)6-3-4-7(12-6)14-8-2-1-5-13-8/h1-5H,(H,10,11). The number of hydrogen-bond donors (Lipinski definition) is 1. The maximum Gasteiger partial charge on any atom is 0.371 e. The zero-order valence-corrected chi connectivity index (χ0v) is 8.60. The van der Waals surface area contributed by atoms with Gasteiger partial charge in [0.15, 0.2) is 5.09 Å². The average molecular weight is 226 g/mol. The van der Waals surface area contributed by atoms with Crippen molar-refractivity contribution >= 4 is 29.1 Å². The van der Waals surface area contributed by atoms with Crippen LogP contribution in [0.3, 0.4) is 0 Å². The van der Waals surface area contributed by atoms with E-state index in [0.29, 0.717) is 5.09 Å². The first-order valence-corrected chi connectivity index (χ1v) is 5.50. The number of carboxylic acid groups (broad SMARTS) is 1. The molecule has 0 aromatic carbocycles. The van der Waals surface area contributed by atoms with Crippen LogP contribution in [0.4, 0.5) is 0 Å². The fraction of sp³-hybridized carbons (Fsp3) is 0. The highest BCUT2D eigenvalue weighted by molar-refractivity contribution is 8.01. The fourth-order valence-electron chi connectivity index (χ4n) is 0.911. The molecule has 0 amide bonds. The second-order valence-electron chi connectivity index (χ2n) is 2.46. The molecule has 2 aromatic heterocycles. The third-order valence-electron chi connectivity index (χ3n) is 1.49. The van der Waals surface area contributed by atoms with Crippen LogP contribution >= 0.6 is 23.1 Å². The van der Waals surface area contributed by atoms with Crippen LogP contribution in [-0.2, 0) is 0 Å². The topological polar surface area (TPSA) is 50.4 Å². The van der Waals surface area contributed by atoms with Crippen molar-refractivity contribution in [1.29, 1.82) is 0 Å². The highest BCUT2D eigenvalue weighted by Crippen LogP contribution is 2.32. The predicted molar refractivity (Wildman–Crippen MR) is 54.1 cm³/mol. The van der Waals surface area contributed by atoms with Gasteiger partial charge >= 0.3 is 5.97 Å². The van der Waals surface area contributed by atoms with Crippen molar-refractivity contribution in [2.75, 3.05) is 0 Å². The van der Waals surface area contributed by atoms with E-state index >= 15 is 0 Å². The molecule has 2 aromatic rings. The van der Waals surface area contributed by atoms with Gasteiger partial charge in [0.05, 0.1) is 4.21 Å². The minimum atomic E-state index is -1.04. The number of rotatable bonds is 3. The molecule has 0 atom stereocenters. The van der Waals surface area contributed by atoms with Crippen LogP contribution in [0.15, 0.2) is 43.4 Å². The smallest absolute Gasteiger partial charge is 0.371 e. The lowest BCUT2D eigenvalue weighted by molar-refractivity contribution is 0.0656. The van der Waals surface area contributed by atoms with Crippen LogP contribution in [0.2, 0.25) is 0 Å². The molecule has 0 saturated carbocycles. The molecule has 14 heavy (non-hydrogen) atoms. The molecule has 0 spiro atoms. The molecule has 72 valence electrons. The van der Waals surface area contributed by atoms with E-state index in [9.17, 15) is 4.79 Å². The lowest BCUT2D eigenvalue weighted by atomic mass is 10.5. The van der Waals surface area contributed by atoms with Gasteiger partial charge in [0.1, 0.15) is 0 Å². The van der Waals surface area contributed by atoms with E-state index in [1.807, 2.05) is 17.5 Å². The summed E-state index contributed by atoms with van der Waals surface area (Å²) in [7, 11) is 0. The van der Waals surface area contributed by atoms with Gasteiger partial charge in [-0.05, 0) is 35.3 Å². The zero-order valence-electron chi connectivity index (χ0n) is 6.97. The van der Waals surface area contributed by atoms with E-state index in [0.717, 1.165) is 4.21 Å². The van der Waals surface area contributed by atoms with E-state index in [-0.39, 0.29) is 5.76 Å². The van der Waals surface area contributed by atoms with Crippen molar-refractivity contribution in [3.05, 3.63) is 35.4 Å². The van der Waals surface area contributed by atoms with Crippen LogP contribution in [0.5, 0.6) is 0 Å². The summed E-state index contributed by atoms with van der Waals surface area (Å²) in [6.45, 7) is 0.